The van der Waals surface area contributed by atoms with E-state index >= 15 is 0 Å². The smallest absolute Gasteiger partial charge is 0.318 e. The van der Waals surface area contributed by atoms with Gasteiger partial charge in [0.1, 0.15) is 12.2 Å². The van der Waals surface area contributed by atoms with Gasteiger partial charge in [-0.3, -0.25) is 4.79 Å². The zero-order valence-corrected chi connectivity index (χ0v) is 7.43. The molecule has 0 aliphatic heterocycles. The third-order valence-corrected chi connectivity index (χ3v) is 2.46. The Morgan fingerprint density at radius 3 is 2.75 bits per heavy atom. The van der Waals surface area contributed by atoms with Gasteiger partial charge in [-0.05, 0) is 17.0 Å². The lowest BCUT2D eigenvalue weighted by Crippen LogP contribution is -2.11. The van der Waals surface area contributed by atoms with Crippen molar-refractivity contribution >= 4 is 35.2 Å². The molecule has 0 amide bonds. The number of carbonyl (C=O) groups excluding carboxylic acids is 1. The Morgan fingerprint density at radius 2 is 2.42 bits per heavy atom. The largest absolute Gasteiger partial charge is 0.480 e. The summed E-state index contributed by atoms with van der Waals surface area (Å²) < 4.78 is 0.484. The second kappa shape index (κ2) is 3.69. The topological polar surface area (TPSA) is 54.4 Å². The van der Waals surface area contributed by atoms with Gasteiger partial charge >= 0.3 is 5.97 Å². The van der Waals surface area contributed by atoms with Crippen LogP contribution in [0.25, 0.3) is 0 Å². The minimum absolute atomic E-state index is 0.390. The molecule has 0 aliphatic rings. The molecule has 1 heterocycles. The van der Waals surface area contributed by atoms with Crippen molar-refractivity contribution in [3.05, 3.63) is 21.3 Å². The molecule has 12 heavy (non-hydrogen) atoms. The Labute approximate surface area is 77.6 Å². The number of hydrogen-bond acceptors (Lipinski definition) is 3. The molecule has 1 aromatic rings. The van der Waals surface area contributed by atoms with E-state index in [0.29, 0.717) is 16.2 Å². The Kier molecular flexibility index (Phi) is 2.83. The number of hydrogen-bond donors (Lipinski definition) is 1. The summed E-state index contributed by atoms with van der Waals surface area (Å²) in [6, 6.07) is 1.49. The molecule has 0 saturated heterocycles. The Bertz CT molecular complexity index is 307. The van der Waals surface area contributed by atoms with Gasteiger partial charge in [-0.15, -0.1) is 11.3 Å². The summed E-state index contributed by atoms with van der Waals surface area (Å²) in [6.07, 6.45) is 0.390. The van der Waals surface area contributed by atoms with Crippen molar-refractivity contribution in [2.75, 3.05) is 0 Å². The van der Waals surface area contributed by atoms with E-state index in [1.807, 2.05) is 0 Å². The van der Waals surface area contributed by atoms with Crippen LogP contribution in [-0.2, 0) is 9.59 Å². The summed E-state index contributed by atoms with van der Waals surface area (Å²) in [6.45, 7) is 0. The van der Waals surface area contributed by atoms with Gasteiger partial charge < -0.3 is 9.90 Å². The SMILES string of the molecule is O=CC(C(=O)O)c1csc(Cl)c1. The number of carbonyl (C=O) groups is 2. The highest BCUT2D eigenvalue weighted by Gasteiger charge is 2.19. The standard InChI is InChI=1S/C7H5ClO3S/c8-6-1-4(3-12-6)5(2-9)7(10)11/h1-3,5H,(H,10,11). The van der Waals surface area contributed by atoms with Gasteiger partial charge in [0.15, 0.2) is 0 Å². The van der Waals surface area contributed by atoms with Crippen molar-refractivity contribution in [2.45, 2.75) is 5.92 Å². The van der Waals surface area contributed by atoms with E-state index < -0.39 is 11.9 Å². The summed E-state index contributed by atoms with van der Waals surface area (Å²) in [5, 5.41) is 10.1. The average Bonchev–Trinajstić information content (AvgIpc) is 2.37. The van der Waals surface area contributed by atoms with Crippen molar-refractivity contribution in [1.82, 2.24) is 0 Å². The van der Waals surface area contributed by atoms with E-state index in [9.17, 15) is 9.59 Å². The minimum Gasteiger partial charge on any atom is -0.480 e. The number of rotatable bonds is 3. The van der Waals surface area contributed by atoms with Crippen molar-refractivity contribution in [3.63, 3.8) is 0 Å². The van der Waals surface area contributed by atoms with Gasteiger partial charge in [-0.1, -0.05) is 11.6 Å². The van der Waals surface area contributed by atoms with Crippen LogP contribution < -0.4 is 0 Å². The lowest BCUT2D eigenvalue weighted by Gasteiger charge is -1.99. The van der Waals surface area contributed by atoms with Crippen LogP contribution in [0, 0.1) is 0 Å². The van der Waals surface area contributed by atoms with Crippen molar-refractivity contribution in [3.8, 4) is 0 Å². The predicted molar refractivity (Wildman–Crippen MR) is 45.8 cm³/mol. The molecular weight excluding hydrogens is 200 g/mol. The average molecular weight is 205 g/mol. The molecule has 1 rings (SSSR count). The number of carboxylic acid groups (broad SMARTS) is 1. The summed E-state index contributed by atoms with van der Waals surface area (Å²) in [7, 11) is 0. The number of carboxylic acids is 1. The molecule has 0 radical (unpaired) electrons. The van der Waals surface area contributed by atoms with E-state index in [1.165, 1.54) is 17.4 Å². The van der Waals surface area contributed by atoms with Crippen molar-refractivity contribution in [2.24, 2.45) is 0 Å². The number of thiophene rings is 1. The van der Waals surface area contributed by atoms with Crippen LogP contribution in [0.15, 0.2) is 11.4 Å². The molecule has 5 heteroatoms. The second-order valence-corrected chi connectivity index (χ2v) is 3.68. The third-order valence-electron chi connectivity index (χ3n) is 1.35. The first kappa shape index (κ1) is 9.22. The maximum Gasteiger partial charge on any atom is 0.318 e. The van der Waals surface area contributed by atoms with Crippen molar-refractivity contribution < 1.29 is 14.7 Å². The van der Waals surface area contributed by atoms with E-state index in [0.717, 1.165) is 0 Å². The maximum atomic E-state index is 10.5. The van der Waals surface area contributed by atoms with Crippen LogP contribution in [0.1, 0.15) is 11.5 Å². The first-order valence-electron chi connectivity index (χ1n) is 3.07. The van der Waals surface area contributed by atoms with Crippen LogP contribution in [0.3, 0.4) is 0 Å². The summed E-state index contributed by atoms with van der Waals surface area (Å²) in [5.74, 6) is -2.24. The zero-order chi connectivity index (χ0) is 9.14. The van der Waals surface area contributed by atoms with Crippen LogP contribution >= 0.6 is 22.9 Å². The zero-order valence-electron chi connectivity index (χ0n) is 5.86. The van der Waals surface area contributed by atoms with E-state index in [2.05, 4.69) is 0 Å². The van der Waals surface area contributed by atoms with E-state index in [-0.39, 0.29) is 0 Å². The van der Waals surface area contributed by atoms with E-state index in [4.69, 9.17) is 16.7 Å². The molecule has 64 valence electrons. The fourth-order valence-corrected chi connectivity index (χ4v) is 1.69. The summed E-state index contributed by atoms with van der Waals surface area (Å²) in [4.78, 5) is 20.8. The molecule has 1 unspecified atom stereocenters. The number of halogens is 1. The summed E-state index contributed by atoms with van der Waals surface area (Å²) in [5.41, 5.74) is 0.438. The highest BCUT2D eigenvalue weighted by molar-refractivity contribution is 7.14. The Morgan fingerprint density at radius 1 is 1.75 bits per heavy atom. The van der Waals surface area contributed by atoms with Gasteiger partial charge in [0, 0.05) is 0 Å². The fraction of sp³-hybridized carbons (Fsp3) is 0.143. The highest BCUT2D eigenvalue weighted by Crippen LogP contribution is 2.25. The molecule has 0 aliphatic carbocycles. The molecule has 1 N–H and O–H groups in total. The quantitative estimate of drug-likeness (QED) is 0.603. The molecule has 0 spiro atoms. The molecule has 0 aromatic carbocycles. The molecule has 0 saturated carbocycles. The van der Waals surface area contributed by atoms with Crippen LogP contribution in [0.2, 0.25) is 4.34 Å². The first-order chi connectivity index (χ1) is 5.65. The highest BCUT2D eigenvalue weighted by atomic mass is 35.5. The van der Waals surface area contributed by atoms with Crippen LogP contribution in [-0.4, -0.2) is 17.4 Å². The van der Waals surface area contributed by atoms with E-state index in [1.54, 1.807) is 5.38 Å². The Balaban J connectivity index is 2.94. The molecule has 0 bridgehead atoms. The minimum atomic E-state index is -1.15. The molecule has 1 atom stereocenters. The monoisotopic (exact) mass is 204 g/mol. The molecule has 1 aromatic heterocycles. The Hall–Kier alpha value is -0.870. The normalized spacial score (nSPS) is 12.4. The van der Waals surface area contributed by atoms with Gasteiger partial charge in [0.25, 0.3) is 0 Å². The molecular formula is C7H5ClO3S. The van der Waals surface area contributed by atoms with Crippen LogP contribution in [0.5, 0.6) is 0 Å². The van der Waals surface area contributed by atoms with Gasteiger partial charge in [0.2, 0.25) is 0 Å². The lowest BCUT2D eigenvalue weighted by atomic mass is 10.1. The molecule has 0 fully saturated rings. The van der Waals surface area contributed by atoms with Gasteiger partial charge in [0.05, 0.1) is 4.34 Å². The first-order valence-corrected chi connectivity index (χ1v) is 4.33. The lowest BCUT2D eigenvalue weighted by molar-refractivity contribution is -0.140. The van der Waals surface area contributed by atoms with Gasteiger partial charge in [-0.2, -0.15) is 0 Å². The maximum absolute atomic E-state index is 10.5. The molecule has 3 nitrogen and oxygen atoms in total. The fourth-order valence-electron chi connectivity index (χ4n) is 0.766. The van der Waals surface area contributed by atoms with Crippen molar-refractivity contribution in [1.29, 1.82) is 0 Å². The second-order valence-electron chi connectivity index (χ2n) is 2.14. The summed E-state index contributed by atoms with van der Waals surface area (Å²) >= 11 is 6.78. The van der Waals surface area contributed by atoms with Gasteiger partial charge in [-0.25, -0.2) is 0 Å². The number of aliphatic carboxylic acids is 1. The predicted octanol–water partition coefficient (Wildman–Crippen LogP) is 1.77. The van der Waals surface area contributed by atoms with Crippen LogP contribution in [0.4, 0.5) is 0 Å². The number of aldehydes is 1. The third kappa shape index (κ3) is 1.84.